The normalized spacial score (nSPS) is 12.5. The highest BCUT2D eigenvalue weighted by molar-refractivity contribution is 7.92. The van der Waals surface area contributed by atoms with Crippen LogP contribution in [0.3, 0.4) is 0 Å². The molecule has 0 fully saturated rings. The molecule has 0 heterocycles. The Morgan fingerprint density at radius 2 is 1.59 bits per heavy atom. The average Bonchev–Trinajstić information content (AvgIpc) is 2.96. The number of nitrogens with zero attached hydrogens (tertiary/aromatic N) is 2. The molecule has 0 bridgehead atoms. The first-order valence-electron chi connectivity index (χ1n) is 14.1. The number of methoxy groups -OCH3 is 1. The number of hydrogen-bond donors (Lipinski definition) is 1. The van der Waals surface area contributed by atoms with Crippen molar-refractivity contribution < 1.29 is 35.9 Å². The summed E-state index contributed by atoms with van der Waals surface area (Å²) < 4.78 is 71.3. The zero-order valence-corrected chi connectivity index (χ0v) is 26.0. The molecule has 2 amide bonds. The molecule has 0 aliphatic carbocycles. The molecule has 238 valence electrons. The number of carbonyl (C=O) groups excluding carboxylic acids is 2. The third kappa shape index (κ3) is 10.0. The van der Waals surface area contributed by atoms with E-state index in [0.29, 0.717) is 5.75 Å². The van der Waals surface area contributed by atoms with Gasteiger partial charge in [-0.15, -0.1) is 0 Å². The van der Waals surface area contributed by atoms with Gasteiger partial charge in [-0.2, -0.15) is 13.2 Å². The number of amides is 2. The number of benzene rings is 3. The van der Waals surface area contributed by atoms with Gasteiger partial charge in [0.2, 0.25) is 21.8 Å². The maximum absolute atomic E-state index is 13.9. The average molecular weight is 634 g/mol. The van der Waals surface area contributed by atoms with Gasteiger partial charge in [0.1, 0.15) is 11.8 Å². The van der Waals surface area contributed by atoms with E-state index in [9.17, 15) is 31.2 Å². The Kier molecular flexibility index (Phi) is 11.8. The predicted molar refractivity (Wildman–Crippen MR) is 164 cm³/mol. The fraction of sp³-hybridized carbons (Fsp3) is 0.375. The summed E-state index contributed by atoms with van der Waals surface area (Å²) in [6, 6.07) is 19.3. The molecule has 12 heteroatoms. The molecular weight excluding hydrogens is 595 g/mol. The number of carbonyl (C=O) groups is 2. The summed E-state index contributed by atoms with van der Waals surface area (Å²) in [5.74, 6) is -0.182. The van der Waals surface area contributed by atoms with E-state index in [4.69, 9.17) is 4.74 Å². The van der Waals surface area contributed by atoms with Gasteiger partial charge in [-0.1, -0.05) is 48.5 Å². The number of sulfonamides is 1. The zero-order valence-electron chi connectivity index (χ0n) is 25.2. The lowest BCUT2D eigenvalue weighted by molar-refractivity contribution is -0.141. The second-order valence-electron chi connectivity index (χ2n) is 10.7. The highest BCUT2D eigenvalue weighted by Crippen LogP contribution is 2.32. The van der Waals surface area contributed by atoms with Crippen LogP contribution in [0, 0.1) is 0 Å². The van der Waals surface area contributed by atoms with Crippen LogP contribution < -0.4 is 14.4 Å². The molecule has 0 aliphatic rings. The van der Waals surface area contributed by atoms with Crippen molar-refractivity contribution in [1.82, 2.24) is 10.2 Å². The van der Waals surface area contributed by atoms with E-state index >= 15 is 0 Å². The minimum absolute atomic E-state index is 0.000611. The molecule has 1 N–H and O–H groups in total. The van der Waals surface area contributed by atoms with Gasteiger partial charge in [-0.3, -0.25) is 13.9 Å². The van der Waals surface area contributed by atoms with E-state index in [1.807, 2.05) is 50.2 Å². The second kappa shape index (κ2) is 15.1. The number of alkyl halides is 3. The van der Waals surface area contributed by atoms with Gasteiger partial charge >= 0.3 is 6.18 Å². The SMILES string of the molecule is COc1cccc(CN(C(=O)CCCN(c2cccc(C(F)(F)F)c2)S(C)(=O)=O)[C@H](Cc2ccccc2)C(=O)NC(C)C)c1. The monoisotopic (exact) mass is 633 g/mol. The van der Waals surface area contributed by atoms with Crippen molar-refractivity contribution in [2.24, 2.45) is 0 Å². The summed E-state index contributed by atoms with van der Waals surface area (Å²) in [4.78, 5) is 28.9. The fourth-order valence-corrected chi connectivity index (χ4v) is 5.70. The molecule has 3 aromatic rings. The summed E-state index contributed by atoms with van der Waals surface area (Å²) in [6.07, 6.45) is -3.68. The standard InChI is InChI=1S/C32H38F3N3O5S/c1-23(2)36-31(40)29(20-24-11-6-5-7-12-24)37(22-25-13-8-16-28(19-25)43-3)30(39)17-10-18-38(44(4,41)42)27-15-9-14-26(21-27)32(33,34)35/h5-9,11-16,19,21,23,29H,10,17-18,20,22H2,1-4H3,(H,36,40)/t29-/m1/s1. The molecule has 3 aromatic carbocycles. The minimum Gasteiger partial charge on any atom is -0.497 e. The summed E-state index contributed by atoms with van der Waals surface area (Å²) in [7, 11) is -2.45. The van der Waals surface area contributed by atoms with Crippen LogP contribution >= 0.6 is 0 Å². The van der Waals surface area contributed by atoms with Gasteiger partial charge in [0, 0.05) is 32.0 Å². The van der Waals surface area contributed by atoms with Crippen LogP contribution in [0.5, 0.6) is 5.75 Å². The lowest BCUT2D eigenvalue weighted by Crippen LogP contribution is -2.51. The number of hydrogen-bond acceptors (Lipinski definition) is 5. The van der Waals surface area contributed by atoms with Crippen LogP contribution in [0.1, 0.15) is 43.4 Å². The van der Waals surface area contributed by atoms with Crippen molar-refractivity contribution in [1.29, 1.82) is 0 Å². The Balaban J connectivity index is 1.91. The highest BCUT2D eigenvalue weighted by atomic mass is 32.2. The topological polar surface area (TPSA) is 96.0 Å². The Labute approximate surface area is 256 Å². The zero-order chi connectivity index (χ0) is 32.5. The largest absolute Gasteiger partial charge is 0.497 e. The third-order valence-electron chi connectivity index (χ3n) is 6.80. The molecule has 0 radical (unpaired) electrons. The Hall–Kier alpha value is -4.06. The summed E-state index contributed by atoms with van der Waals surface area (Å²) in [5, 5.41) is 2.90. The Morgan fingerprint density at radius 1 is 0.932 bits per heavy atom. The van der Waals surface area contributed by atoms with Gasteiger partial charge in [-0.05, 0) is 61.7 Å². The predicted octanol–water partition coefficient (Wildman–Crippen LogP) is 5.42. The van der Waals surface area contributed by atoms with Gasteiger partial charge in [-0.25, -0.2) is 8.42 Å². The van der Waals surface area contributed by atoms with Crippen LogP contribution in [0.2, 0.25) is 0 Å². The number of nitrogens with one attached hydrogen (secondary N) is 1. The van der Waals surface area contributed by atoms with E-state index in [-0.39, 0.29) is 50.0 Å². The van der Waals surface area contributed by atoms with Crippen LogP contribution in [0.4, 0.5) is 18.9 Å². The van der Waals surface area contributed by atoms with E-state index in [0.717, 1.165) is 39.9 Å². The molecule has 8 nitrogen and oxygen atoms in total. The number of halogens is 3. The van der Waals surface area contributed by atoms with Crippen LogP contribution in [-0.2, 0) is 38.8 Å². The first-order chi connectivity index (χ1) is 20.7. The Bertz CT molecular complexity index is 1510. The maximum atomic E-state index is 13.9. The number of ether oxygens (including phenoxy) is 1. The lowest BCUT2D eigenvalue weighted by Gasteiger charge is -2.32. The maximum Gasteiger partial charge on any atom is 0.416 e. The summed E-state index contributed by atoms with van der Waals surface area (Å²) in [6.45, 7) is 3.47. The smallest absolute Gasteiger partial charge is 0.416 e. The van der Waals surface area contributed by atoms with E-state index in [1.54, 1.807) is 18.2 Å². The first-order valence-corrected chi connectivity index (χ1v) is 16.0. The molecule has 0 saturated heterocycles. The third-order valence-corrected chi connectivity index (χ3v) is 8.00. The van der Waals surface area contributed by atoms with Crippen molar-refractivity contribution in [3.8, 4) is 5.75 Å². The Morgan fingerprint density at radius 3 is 2.20 bits per heavy atom. The van der Waals surface area contributed by atoms with Crippen molar-refractivity contribution in [2.45, 2.75) is 57.9 Å². The lowest BCUT2D eigenvalue weighted by atomic mass is 10.0. The number of rotatable bonds is 14. The van der Waals surface area contributed by atoms with Crippen molar-refractivity contribution in [3.63, 3.8) is 0 Å². The molecule has 0 unspecified atom stereocenters. The molecular formula is C32H38F3N3O5S. The van der Waals surface area contributed by atoms with E-state index in [1.165, 1.54) is 18.1 Å². The van der Waals surface area contributed by atoms with Crippen molar-refractivity contribution in [3.05, 3.63) is 95.6 Å². The summed E-state index contributed by atoms with van der Waals surface area (Å²) >= 11 is 0. The van der Waals surface area contributed by atoms with Crippen LogP contribution in [0.25, 0.3) is 0 Å². The van der Waals surface area contributed by atoms with Gasteiger partial charge < -0.3 is 15.0 Å². The highest BCUT2D eigenvalue weighted by Gasteiger charge is 2.33. The molecule has 44 heavy (non-hydrogen) atoms. The first kappa shape index (κ1) is 34.4. The summed E-state index contributed by atoms with van der Waals surface area (Å²) in [5.41, 5.74) is 0.424. The molecule has 0 aromatic heterocycles. The second-order valence-corrected chi connectivity index (χ2v) is 12.6. The van der Waals surface area contributed by atoms with E-state index in [2.05, 4.69) is 5.32 Å². The molecule has 1 atom stereocenters. The van der Waals surface area contributed by atoms with Gasteiger partial charge in [0.05, 0.1) is 24.6 Å². The molecule has 0 saturated carbocycles. The molecule has 3 rings (SSSR count). The van der Waals surface area contributed by atoms with E-state index < -0.39 is 33.7 Å². The van der Waals surface area contributed by atoms with Crippen molar-refractivity contribution in [2.75, 3.05) is 24.2 Å². The van der Waals surface area contributed by atoms with Gasteiger partial charge in [0.25, 0.3) is 0 Å². The van der Waals surface area contributed by atoms with Crippen LogP contribution in [0.15, 0.2) is 78.9 Å². The molecule has 0 aliphatic heterocycles. The minimum atomic E-state index is -4.65. The van der Waals surface area contributed by atoms with Gasteiger partial charge in [0.15, 0.2) is 0 Å². The number of anilines is 1. The fourth-order valence-electron chi connectivity index (χ4n) is 4.74. The molecule has 0 spiro atoms. The quantitative estimate of drug-likeness (QED) is 0.256. The van der Waals surface area contributed by atoms with Crippen LogP contribution in [-0.4, -0.2) is 57.1 Å². The van der Waals surface area contributed by atoms with Crippen molar-refractivity contribution >= 4 is 27.5 Å².